The van der Waals surface area contributed by atoms with Gasteiger partial charge in [-0.05, 0) is 42.7 Å². The lowest BCUT2D eigenvalue weighted by Gasteiger charge is -2.28. The highest BCUT2D eigenvalue weighted by atomic mass is 35.5. The Morgan fingerprint density at radius 1 is 1.04 bits per heavy atom. The first kappa shape index (κ1) is 21.9. The minimum Gasteiger partial charge on any atom is -0.354 e. The van der Waals surface area contributed by atoms with Crippen molar-refractivity contribution in [2.75, 3.05) is 27.3 Å². The van der Waals surface area contributed by atoms with Crippen molar-refractivity contribution in [1.82, 2.24) is 4.31 Å². The first-order chi connectivity index (χ1) is 12.8. The van der Waals surface area contributed by atoms with Crippen molar-refractivity contribution >= 4 is 21.6 Å². The Kier molecular flexibility index (Phi) is 7.82. The predicted molar refractivity (Wildman–Crippen MR) is 108 cm³/mol. The van der Waals surface area contributed by atoms with Crippen LogP contribution in [0.25, 0.3) is 0 Å². The van der Waals surface area contributed by atoms with E-state index in [9.17, 15) is 8.42 Å². The highest BCUT2D eigenvalue weighted by Crippen LogP contribution is 2.24. The maximum atomic E-state index is 13.2. The van der Waals surface area contributed by atoms with Crippen molar-refractivity contribution in [1.29, 1.82) is 0 Å². The highest BCUT2D eigenvalue weighted by Gasteiger charge is 2.29. The van der Waals surface area contributed by atoms with E-state index in [1.807, 2.05) is 32.0 Å². The van der Waals surface area contributed by atoms with Gasteiger partial charge in [-0.1, -0.05) is 48.4 Å². The Balaban J connectivity index is 2.33. The van der Waals surface area contributed by atoms with Gasteiger partial charge in [-0.3, -0.25) is 0 Å². The van der Waals surface area contributed by atoms with Gasteiger partial charge in [0.15, 0.2) is 6.29 Å². The van der Waals surface area contributed by atoms with Crippen LogP contribution in [0.2, 0.25) is 5.02 Å². The van der Waals surface area contributed by atoms with E-state index in [0.29, 0.717) is 5.02 Å². The van der Waals surface area contributed by atoms with E-state index >= 15 is 0 Å². The van der Waals surface area contributed by atoms with Crippen molar-refractivity contribution in [2.24, 2.45) is 0 Å². The van der Waals surface area contributed by atoms with Crippen LogP contribution in [-0.4, -0.2) is 46.3 Å². The van der Waals surface area contributed by atoms with E-state index in [0.717, 1.165) is 11.1 Å². The molecule has 0 fully saturated rings. The number of aryl methyl sites for hydroxylation is 1. The molecule has 1 unspecified atom stereocenters. The summed E-state index contributed by atoms with van der Waals surface area (Å²) in [6.07, 6.45) is -0.656. The van der Waals surface area contributed by atoms with Crippen LogP contribution in [-0.2, 0) is 19.5 Å². The summed E-state index contributed by atoms with van der Waals surface area (Å²) in [5, 5.41) is 0.624. The summed E-state index contributed by atoms with van der Waals surface area (Å²) >= 11 is 6.08. The molecule has 0 bridgehead atoms. The topological polar surface area (TPSA) is 55.8 Å². The maximum absolute atomic E-state index is 13.2. The molecule has 0 aromatic heterocycles. The number of benzene rings is 2. The average Bonchev–Trinajstić information content (AvgIpc) is 2.65. The smallest absolute Gasteiger partial charge is 0.243 e. The molecule has 2 rings (SSSR count). The van der Waals surface area contributed by atoms with Crippen molar-refractivity contribution in [3.05, 3.63) is 64.7 Å². The molecule has 2 aromatic rings. The zero-order valence-corrected chi connectivity index (χ0v) is 17.6. The normalized spacial score (nSPS) is 13.3. The molecule has 27 heavy (non-hydrogen) atoms. The standard InChI is InChI=1S/C20H26ClNO4S/c1-15-8-10-19(11-9-15)27(23,24)22(14-20(25-3)26-4)13-16(2)17-6-5-7-18(21)12-17/h5-12,16,20H,13-14H2,1-4H3. The molecule has 2 aromatic carbocycles. The second-order valence-corrected chi connectivity index (χ2v) is 8.87. The number of methoxy groups -OCH3 is 2. The molecular formula is C20H26ClNO4S. The van der Waals surface area contributed by atoms with Crippen LogP contribution >= 0.6 is 11.6 Å². The quantitative estimate of drug-likeness (QED) is 0.584. The molecule has 0 aliphatic rings. The number of rotatable bonds is 9. The van der Waals surface area contributed by atoms with Gasteiger partial charge < -0.3 is 9.47 Å². The van der Waals surface area contributed by atoms with Crippen molar-refractivity contribution in [3.63, 3.8) is 0 Å². The molecule has 5 nitrogen and oxygen atoms in total. The van der Waals surface area contributed by atoms with Gasteiger partial charge in [0, 0.05) is 25.8 Å². The summed E-state index contributed by atoms with van der Waals surface area (Å²) < 4.78 is 38.3. The Morgan fingerprint density at radius 2 is 1.67 bits per heavy atom. The molecule has 1 atom stereocenters. The highest BCUT2D eigenvalue weighted by molar-refractivity contribution is 7.89. The maximum Gasteiger partial charge on any atom is 0.243 e. The van der Waals surface area contributed by atoms with Gasteiger partial charge in [-0.2, -0.15) is 4.31 Å². The molecule has 0 saturated carbocycles. The number of halogens is 1. The molecule has 148 valence electrons. The lowest BCUT2D eigenvalue weighted by atomic mass is 10.0. The van der Waals surface area contributed by atoms with E-state index in [2.05, 4.69) is 0 Å². The van der Waals surface area contributed by atoms with E-state index in [1.165, 1.54) is 18.5 Å². The molecule has 0 aliphatic carbocycles. The molecule has 7 heteroatoms. The van der Waals surface area contributed by atoms with Crippen LogP contribution in [0.15, 0.2) is 53.4 Å². The van der Waals surface area contributed by atoms with Gasteiger partial charge >= 0.3 is 0 Å². The zero-order chi connectivity index (χ0) is 20.0. The summed E-state index contributed by atoms with van der Waals surface area (Å²) in [6.45, 7) is 4.26. The van der Waals surface area contributed by atoms with E-state index < -0.39 is 16.3 Å². The fourth-order valence-corrected chi connectivity index (χ4v) is 4.48. The SMILES string of the molecule is COC(CN(CC(C)c1cccc(Cl)c1)S(=O)(=O)c1ccc(C)cc1)OC. The summed E-state index contributed by atoms with van der Waals surface area (Å²) in [5.41, 5.74) is 1.97. The fourth-order valence-electron chi connectivity index (χ4n) is 2.77. The summed E-state index contributed by atoms with van der Waals surface area (Å²) in [4.78, 5) is 0.248. The Labute approximate surface area is 166 Å². The number of hydrogen-bond donors (Lipinski definition) is 0. The summed E-state index contributed by atoms with van der Waals surface area (Å²) in [7, 11) is -0.723. The molecule has 0 spiro atoms. The molecule has 0 N–H and O–H groups in total. The zero-order valence-electron chi connectivity index (χ0n) is 16.1. The van der Waals surface area contributed by atoms with Gasteiger partial charge in [0.2, 0.25) is 10.0 Å². The third kappa shape index (κ3) is 5.77. The Bertz CT molecular complexity index is 835. The van der Waals surface area contributed by atoms with Gasteiger partial charge in [0.05, 0.1) is 11.4 Å². The van der Waals surface area contributed by atoms with Gasteiger partial charge in [0.1, 0.15) is 0 Å². The molecule has 0 radical (unpaired) electrons. The second kappa shape index (κ2) is 9.66. The lowest BCUT2D eigenvalue weighted by Crippen LogP contribution is -2.41. The number of hydrogen-bond acceptors (Lipinski definition) is 4. The molecule has 0 amide bonds. The second-order valence-electron chi connectivity index (χ2n) is 6.49. The Hall–Kier alpha value is -1.44. The number of nitrogens with zero attached hydrogens (tertiary/aromatic N) is 1. The monoisotopic (exact) mass is 411 g/mol. The lowest BCUT2D eigenvalue weighted by molar-refractivity contribution is -0.108. The van der Waals surface area contributed by atoms with Gasteiger partial charge in [0.25, 0.3) is 0 Å². The third-order valence-corrected chi connectivity index (χ3v) is 6.51. The molecule has 0 aliphatic heterocycles. The van der Waals surface area contributed by atoms with E-state index in [1.54, 1.807) is 30.3 Å². The molecular weight excluding hydrogens is 386 g/mol. The minimum atomic E-state index is -3.71. The minimum absolute atomic E-state index is 0.0571. The van der Waals surface area contributed by atoms with Crippen molar-refractivity contribution in [2.45, 2.75) is 31.0 Å². The molecule has 0 saturated heterocycles. The van der Waals surface area contributed by atoms with Crippen LogP contribution < -0.4 is 0 Å². The fraction of sp³-hybridized carbons (Fsp3) is 0.400. The van der Waals surface area contributed by atoms with Crippen LogP contribution in [0.4, 0.5) is 0 Å². The average molecular weight is 412 g/mol. The van der Waals surface area contributed by atoms with Crippen molar-refractivity contribution < 1.29 is 17.9 Å². The summed E-state index contributed by atoms with van der Waals surface area (Å²) in [5.74, 6) is -0.0571. The first-order valence-electron chi connectivity index (χ1n) is 8.65. The number of sulfonamides is 1. The Morgan fingerprint density at radius 3 is 2.22 bits per heavy atom. The van der Waals surface area contributed by atoms with E-state index in [-0.39, 0.29) is 23.9 Å². The van der Waals surface area contributed by atoms with Crippen molar-refractivity contribution in [3.8, 4) is 0 Å². The molecule has 0 heterocycles. The predicted octanol–water partition coefficient (Wildman–Crippen LogP) is 4.06. The largest absolute Gasteiger partial charge is 0.354 e. The van der Waals surface area contributed by atoms with Gasteiger partial charge in [-0.15, -0.1) is 0 Å². The van der Waals surface area contributed by atoms with Crippen LogP contribution in [0.3, 0.4) is 0 Å². The van der Waals surface area contributed by atoms with E-state index in [4.69, 9.17) is 21.1 Å². The van der Waals surface area contributed by atoms with Gasteiger partial charge in [-0.25, -0.2) is 8.42 Å². The van der Waals surface area contributed by atoms with Crippen LogP contribution in [0.5, 0.6) is 0 Å². The first-order valence-corrected chi connectivity index (χ1v) is 10.5. The van der Waals surface area contributed by atoms with Crippen LogP contribution in [0, 0.1) is 6.92 Å². The third-order valence-electron chi connectivity index (χ3n) is 4.43. The summed E-state index contributed by atoms with van der Waals surface area (Å²) in [6, 6.07) is 14.3. The van der Waals surface area contributed by atoms with Crippen LogP contribution in [0.1, 0.15) is 24.0 Å². The number of ether oxygens (including phenoxy) is 2.